The molecule has 0 aliphatic rings. The van der Waals surface area contributed by atoms with Gasteiger partial charge in [-0.15, -0.1) is 6.58 Å². The van der Waals surface area contributed by atoms with Gasteiger partial charge in [-0.3, -0.25) is 9.59 Å². The van der Waals surface area contributed by atoms with Gasteiger partial charge in [0.2, 0.25) is 0 Å². The van der Waals surface area contributed by atoms with E-state index in [0.717, 1.165) is 17.7 Å². The lowest BCUT2D eigenvalue weighted by atomic mass is 10.1. The van der Waals surface area contributed by atoms with Gasteiger partial charge in [0.1, 0.15) is 0 Å². The summed E-state index contributed by atoms with van der Waals surface area (Å²) in [7, 11) is 0. The molecular weight excluding hydrogens is 286 g/mol. The summed E-state index contributed by atoms with van der Waals surface area (Å²) in [6.45, 7) is 3.61. The smallest absolute Gasteiger partial charge is 0.283 e. The Balaban J connectivity index is 1.98. The standard InChI is InChI=1S/C15H15N3O2S/c1-2-3-10-21-15(20)16-12-6-4-11(5-7-12)13-8-9-14(19)18-17-13/h2,4-9H,1,3,10H2,(H,16,20)(H,18,19). The van der Waals surface area contributed by atoms with E-state index < -0.39 is 0 Å². The van der Waals surface area contributed by atoms with Crippen LogP contribution in [0.25, 0.3) is 11.3 Å². The molecule has 0 atom stereocenters. The van der Waals surface area contributed by atoms with Gasteiger partial charge >= 0.3 is 0 Å². The number of benzene rings is 1. The number of hydrogen-bond donors (Lipinski definition) is 2. The summed E-state index contributed by atoms with van der Waals surface area (Å²) in [5.41, 5.74) is 2.02. The molecule has 0 saturated carbocycles. The van der Waals surface area contributed by atoms with Crippen LogP contribution in [-0.4, -0.2) is 21.2 Å². The molecule has 0 aliphatic carbocycles. The molecule has 5 nitrogen and oxygen atoms in total. The highest BCUT2D eigenvalue weighted by Crippen LogP contribution is 2.19. The van der Waals surface area contributed by atoms with E-state index in [9.17, 15) is 9.59 Å². The molecule has 1 amide bonds. The maximum absolute atomic E-state index is 11.6. The Kier molecular flexibility index (Phi) is 5.34. The van der Waals surface area contributed by atoms with Gasteiger partial charge in [0.25, 0.3) is 10.8 Å². The third-order valence-electron chi connectivity index (χ3n) is 2.66. The number of amides is 1. The first-order chi connectivity index (χ1) is 10.2. The lowest BCUT2D eigenvalue weighted by Crippen LogP contribution is -2.06. The molecule has 0 fully saturated rings. The van der Waals surface area contributed by atoms with E-state index in [1.54, 1.807) is 24.3 Å². The van der Waals surface area contributed by atoms with Gasteiger partial charge in [0.15, 0.2) is 0 Å². The highest BCUT2D eigenvalue weighted by Gasteiger charge is 2.04. The summed E-state index contributed by atoms with van der Waals surface area (Å²) in [5, 5.41) is 9.05. The molecular formula is C15H15N3O2S. The highest BCUT2D eigenvalue weighted by atomic mass is 32.2. The molecule has 1 aromatic heterocycles. The summed E-state index contributed by atoms with van der Waals surface area (Å²) in [6.07, 6.45) is 2.58. The molecule has 0 unspecified atom stereocenters. The average Bonchev–Trinajstić information content (AvgIpc) is 2.49. The number of carbonyl (C=O) groups is 1. The molecule has 2 aromatic rings. The van der Waals surface area contributed by atoms with Crippen LogP contribution < -0.4 is 10.9 Å². The van der Waals surface area contributed by atoms with Crippen molar-refractivity contribution in [3.8, 4) is 11.3 Å². The summed E-state index contributed by atoms with van der Waals surface area (Å²) in [4.78, 5) is 22.6. The Morgan fingerprint density at radius 1 is 1.29 bits per heavy atom. The second-order valence-electron chi connectivity index (χ2n) is 4.22. The number of anilines is 1. The van der Waals surface area contributed by atoms with Crippen molar-refractivity contribution in [2.24, 2.45) is 0 Å². The normalized spacial score (nSPS) is 10.1. The minimum Gasteiger partial charge on any atom is -0.317 e. The average molecular weight is 301 g/mol. The number of H-pyrrole nitrogens is 1. The van der Waals surface area contributed by atoms with E-state index in [1.165, 1.54) is 17.8 Å². The SMILES string of the molecule is C=CCCSC(=O)Nc1ccc(-c2ccc(=O)[nH]n2)cc1. The van der Waals surface area contributed by atoms with Crippen molar-refractivity contribution in [3.05, 3.63) is 59.4 Å². The van der Waals surface area contributed by atoms with Crippen LogP contribution in [0.3, 0.4) is 0 Å². The Labute approximate surface area is 126 Å². The predicted octanol–water partition coefficient (Wildman–Crippen LogP) is 3.28. The lowest BCUT2D eigenvalue weighted by molar-refractivity contribution is 0.270. The summed E-state index contributed by atoms with van der Waals surface area (Å²) in [5.74, 6) is 0.717. The number of hydrogen-bond acceptors (Lipinski definition) is 4. The lowest BCUT2D eigenvalue weighted by Gasteiger charge is -2.05. The fourth-order valence-corrected chi connectivity index (χ4v) is 2.28. The van der Waals surface area contributed by atoms with Crippen molar-refractivity contribution < 1.29 is 4.79 Å². The van der Waals surface area contributed by atoms with E-state index in [4.69, 9.17) is 0 Å². The van der Waals surface area contributed by atoms with Gasteiger partial charge in [-0.25, -0.2) is 5.10 Å². The maximum Gasteiger partial charge on any atom is 0.283 e. The van der Waals surface area contributed by atoms with Crippen LogP contribution in [0.5, 0.6) is 0 Å². The highest BCUT2D eigenvalue weighted by molar-refractivity contribution is 8.13. The van der Waals surface area contributed by atoms with Crippen LogP contribution in [0.2, 0.25) is 0 Å². The number of aromatic amines is 1. The maximum atomic E-state index is 11.6. The van der Waals surface area contributed by atoms with Crippen LogP contribution in [0.15, 0.2) is 53.8 Å². The first-order valence-corrected chi connectivity index (χ1v) is 7.38. The molecule has 0 aliphatic heterocycles. The number of carbonyl (C=O) groups excluding carboxylic acids is 1. The van der Waals surface area contributed by atoms with Crippen LogP contribution >= 0.6 is 11.8 Å². The number of aromatic nitrogens is 2. The van der Waals surface area contributed by atoms with Crippen molar-refractivity contribution in [1.29, 1.82) is 0 Å². The first kappa shape index (κ1) is 15.1. The first-order valence-electron chi connectivity index (χ1n) is 6.40. The molecule has 0 saturated heterocycles. The second-order valence-corrected chi connectivity index (χ2v) is 5.29. The van der Waals surface area contributed by atoms with Crippen molar-refractivity contribution in [1.82, 2.24) is 10.2 Å². The molecule has 1 heterocycles. The van der Waals surface area contributed by atoms with E-state index >= 15 is 0 Å². The van der Waals surface area contributed by atoms with Crippen LogP contribution in [-0.2, 0) is 0 Å². The Bertz CT molecular complexity index is 660. The Hall–Kier alpha value is -2.34. The number of nitrogens with one attached hydrogen (secondary N) is 2. The quantitative estimate of drug-likeness (QED) is 0.656. The van der Waals surface area contributed by atoms with E-state index in [1.807, 2.05) is 12.1 Å². The molecule has 0 bridgehead atoms. The van der Waals surface area contributed by atoms with Gasteiger partial charge < -0.3 is 5.32 Å². The molecule has 2 N–H and O–H groups in total. The fraction of sp³-hybridized carbons (Fsp3) is 0.133. The Morgan fingerprint density at radius 2 is 2.05 bits per heavy atom. The second kappa shape index (κ2) is 7.44. The molecule has 2 rings (SSSR count). The van der Waals surface area contributed by atoms with Crippen molar-refractivity contribution in [2.75, 3.05) is 11.1 Å². The summed E-state index contributed by atoms with van der Waals surface area (Å²) < 4.78 is 0. The molecule has 21 heavy (non-hydrogen) atoms. The minimum absolute atomic E-state index is 0.0910. The third kappa shape index (κ3) is 4.61. The molecule has 6 heteroatoms. The minimum atomic E-state index is -0.237. The van der Waals surface area contributed by atoms with Crippen LogP contribution in [0, 0.1) is 0 Å². The van der Waals surface area contributed by atoms with Gasteiger partial charge in [-0.1, -0.05) is 30.0 Å². The zero-order valence-corrected chi connectivity index (χ0v) is 12.2. The van der Waals surface area contributed by atoms with Crippen molar-refractivity contribution >= 4 is 22.7 Å². The van der Waals surface area contributed by atoms with Crippen LogP contribution in [0.4, 0.5) is 10.5 Å². The van der Waals surface area contributed by atoms with Gasteiger partial charge in [0, 0.05) is 23.1 Å². The predicted molar refractivity (Wildman–Crippen MR) is 86.6 cm³/mol. The van der Waals surface area contributed by atoms with Gasteiger partial charge in [-0.05, 0) is 24.6 Å². The zero-order valence-electron chi connectivity index (χ0n) is 11.3. The molecule has 0 spiro atoms. The van der Waals surface area contributed by atoms with Crippen LogP contribution in [0.1, 0.15) is 6.42 Å². The molecule has 0 radical (unpaired) electrons. The largest absolute Gasteiger partial charge is 0.317 e. The van der Waals surface area contributed by atoms with Crippen molar-refractivity contribution in [2.45, 2.75) is 6.42 Å². The summed E-state index contributed by atoms with van der Waals surface area (Å²) >= 11 is 1.22. The number of rotatable bonds is 5. The van der Waals surface area contributed by atoms with Crippen molar-refractivity contribution in [3.63, 3.8) is 0 Å². The topological polar surface area (TPSA) is 74.8 Å². The zero-order chi connectivity index (χ0) is 15.1. The number of allylic oxidation sites excluding steroid dienone is 1. The molecule has 108 valence electrons. The fourth-order valence-electron chi connectivity index (χ4n) is 1.62. The van der Waals surface area contributed by atoms with E-state index in [2.05, 4.69) is 22.1 Å². The van der Waals surface area contributed by atoms with Gasteiger partial charge in [0.05, 0.1) is 5.69 Å². The number of thioether (sulfide) groups is 1. The van der Waals surface area contributed by atoms with E-state index in [0.29, 0.717) is 11.4 Å². The van der Waals surface area contributed by atoms with E-state index in [-0.39, 0.29) is 10.8 Å². The Morgan fingerprint density at radius 3 is 2.67 bits per heavy atom. The monoisotopic (exact) mass is 301 g/mol. The third-order valence-corrected chi connectivity index (χ3v) is 3.47. The number of nitrogens with zero attached hydrogens (tertiary/aromatic N) is 1. The summed E-state index contributed by atoms with van der Waals surface area (Å²) in [6, 6.07) is 10.4. The van der Waals surface area contributed by atoms with Gasteiger partial charge in [-0.2, -0.15) is 5.10 Å². The molecule has 1 aromatic carbocycles.